The van der Waals surface area contributed by atoms with Crippen molar-refractivity contribution in [3.63, 3.8) is 0 Å². The van der Waals surface area contributed by atoms with Crippen LogP contribution in [-0.4, -0.2) is 11.2 Å². The fourth-order valence-electron chi connectivity index (χ4n) is 2.00. The minimum atomic E-state index is 1.02. The lowest BCUT2D eigenvalue weighted by Gasteiger charge is -2.22. The van der Waals surface area contributed by atoms with Gasteiger partial charge in [0.25, 0.3) is 0 Å². The van der Waals surface area contributed by atoms with E-state index in [0.29, 0.717) is 0 Å². The Morgan fingerprint density at radius 1 is 1.20 bits per heavy atom. The number of nitrogens with one attached hydrogen (secondary N) is 1. The van der Waals surface area contributed by atoms with E-state index in [9.17, 15) is 0 Å². The van der Waals surface area contributed by atoms with Gasteiger partial charge >= 0.3 is 0 Å². The molecule has 0 spiro atoms. The van der Waals surface area contributed by atoms with E-state index in [2.05, 4.69) is 30.6 Å². The summed E-state index contributed by atoms with van der Waals surface area (Å²) in [5, 5.41) is 7.06. The Morgan fingerprint density at radius 2 is 1.95 bits per heavy atom. The normalized spacial score (nSPS) is 10.4. The van der Waals surface area contributed by atoms with E-state index >= 15 is 0 Å². The van der Waals surface area contributed by atoms with Crippen LogP contribution in [0.4, 0.5) is 11.4 Å². The minimum absolute atomic E-state index is 1.02. The number of aryl methyl sites for hydroxylation is 1. The molecule has 3 heteroatoms. The average Bonchev–Trinajstić information content (AvgIpc) is 2.49. The molecule has 0 saturated carbocycles. The lowest BCUT2D eigenvalue weighted by molar-refractivity contribution is 1.22. The molecule has 0 fully saturated rings. The molecular weight excluding hydrogens is 246 g/mol. The van der Waals surface area contributed by atoms with E-state index in [-0.39, 0.29) is 0 Å². The van der Waals surface area contributed by atoms with Gasteiger partial charge in [-0.2, -0.15) is 0 Å². The van der Waals surface area contributed by atoms with Crippen LogP contribution in [-0.2, 0) is 0 Å². The van der Waals surface area contributed by atoms with E-state index in [1.165, 1.54) is 6.21 Å². The fourth-order valence-corrected chi connectivity index (χ4v) is 2.00. The maximum Gasteiger partial charge on any atom is 0.0490 e. The number of rotatable bonds is 5. The Bertz CT molecular complexity index is 630. The molecule has 20 heavy (non-hydrogen) atoms. The SMILES string of the molecule is C=CN(c1ccncc1)c1cc(/C=C/C=N)ccc1C. The Hall–Kier alpha value is -2.68. The first-order chi connectivity index (χ1) is 9.76. The average molecular weight is 263 g/mol. The lowest BCUT2D eigenvalue weighted by atomic mass is 10.1. The highest BCUT2D eigenvalue weighted by Crippen LogP contribution is 2.29. The summed E-state index contributed by atoms with van der Waals surface area (Å²) in [6.45, 7) is 5.96. The molecule has 0 atom stereocenters. The Kier molecular flexibility index (Phi) is 4.45. The van der Waals surface area contributed by atoms with Crippen LogP contribution in [0.15, 0.2) is 61.6 Å². The number of nitrogens with zero attached hydrogens (tertiary/aromatic N) is 2. The van der Waals surface area contributed by atoms with Crippen molar-refractivity contribution in [3.05, 3.63) is 72.7 Å². The highest BCUT2D eigenvalue weighted by molar-refractivity contribution is 5.78. The number of anilines is 2. The first-order valence-corrected chi connectivity index (χ1v) is 6.36. The fraction of sp³-hybridized carbons (Fsp3) is 0.0588. The van der Waals surface area contributed by atoms with Crippen LogP contribution in [0.25, 0.3) is 6.08 Å². The minimum Gasteiger partial charge on any atom is -0.317 e. The van der Waals surface area contributed by atoms with Crippen molar-refractivity contribution in [2.75, 3.05) is 4.90 Å². The number of aromatic nitrogens is 1. The van der Waals surface area contributed by atoms with E-state index in [1.54, 1.807) is 24.7 Å². The second kappa shape index (κ2) is 6.48. The van der Waals surface area contributed by atoms with Gasteiger partial charge in [0.1, 0.15) is 0 Å². The van der Waals surface area contributed by atoms with Crippen LogP contribution in [0.1, 0.15) is 11.1 Å². The monoisotopic (exact) mass is 263 g/mol. The Morgan fingerprint density at radius 3 is 2.60 bits per heavy atom. The number of hydrogen-bond donors (Lipinski definition) is 1. The summed E-state index contributed by atoms with van der Waals surface area (Å²) in [7, 11) is 0. The Labute approximate surface area is 119 Å². The topological polar surface area (TPSA) is 40.0 Å². The van der Waals surface area contributed by atoms with Gasteiger partial charge in [-0.25, -0.2) is 0 Å². The van der Waals surface area contributed by atoms with Gasteiger partial charge in [0, 0.05) is 36.2 Å². The third-order valence-electron chi connectivity index (χ3n) is 3.00. The van der Waals surface area contributed by atoms with Gasteiger partial charge in [-0.3, -0.25) is 4.98 Å². The largest absolute Gasteiger partial charge is 0.317 e. The highest BCUT2D eigenvalue weighted by atomic mass is 15.1. The third kappa shape index (κ3) is 3.01. The van der Waals surface area contributed by atoms with E-state index in [4.69, 9.17) is 5.41 Å². The molecule has 0 aliphatic carbocycles. The summed E-state index contributed by atoms with van der Waals surface area (Å²) in [6.07, 6.45) is 10.2. The molecule has 0 amide bonds. The van der Waals surface area contributed by atoms with Gasteiger partial charge in [0.05, 0.1) is 0 Å². The molecule has 0 saturated heterocycles. The van der Waals surface area contributed by atoms with E-state index in [1.807, 2.05) is 29.2 Å². The van der Waals surface area contributed by atoms with Crippen molar-refractivity contribution in [1.82, 2.24) is 4.98 Å². The molecule has 0 aliphatic heterocycles. The zero-order valence-electron chi connectivity index (χ0n) is 11.5. The second-order valence-electron chi connectivity index (χ2n) is 4.33. The smallest absolute Gasteiger partial charge is 0.0490 e. The van der Waals surface area contributed by atoms with Crippen molar-refractivity contribution in [3.8, 4) is 0 Å². The molecule has 2 aromatic rings. The molecule has 1 heterocycles. The van der Waals surface area contributed by atoms with E-state index in [0.717, 1.165) is 22.5 Å². The summed E-state index contributed by atoms with van der Waals surface area (Å²) in [5.74, 6) is 0. The van der Waals surface area contributed by atoms with Crippen LogP contribution in [0, 0.1) is 12.3 Å². The second-order valence-corrected chi connectivity index (χ2v) is 4.33. The standard InChI is InChI=1S/C17H17N3/c1-3-20(16-8-11-19-12-9-16)17-13-15(5-4-10-18)7-6-14(17)2/h3-13,18H,1H2,2H3/b5-4+,18-10?. The molecule has 0 aliphatic rings. The van der Waals surface area contributed by atoms with Gasteiger partial charge in [-0.05, 0) is 42.3 Å². The van der Waals surface area contributed by atoms with Crippen molar-refractivity contribution in [2.45, 2.75) is 6.92 Å². The predicted octanol–water partition coefficient (Wildman–Crippen LogP) is 4.33. The van der Waals surface area contributed by atoms with Crippen LogP contribution >= 0.6 is 0 Å². The molecule has 1 N–H and O–H groups in total. The molecule has 100 valence electrons. The Balaban J connectivity index is 2.46. The summed E-state index contributed by atoms with van der Waals surface area (Å²) in [4.78, 5) is 6.07. The summed E-state index contributed by atoms with van der Waals surface area (Å²) >= 11 is 0. The van der Waals surface area contributed by atoms with Gasteiger partial charge in [0.15, 0.2) is 0 Å². The molecule has 1 aromatic heterocycles. The molecule has 2 rings (SSSR count). The first kappa shape index (κ1) is 13.7. The van der Waals surface area contributed by atoms with Gasteiger partial charge in [-0.15, -0.1) is 0 Å². The molecule has 0 unspecified atom stereocenters. The van der Waals surface area contributed by atoms with Crippen LogP contribution in [0.3, 0.4) is 0 Å². The quantitative estimate of drug-likeness (QED) is 0.815. The van der Waals surface area contributed by atoms with Crippen LogP contribution < -0.4 is 4.90 Å². The van der Waals surface area contributed by atoms with Gasteiger partial charge in [-0.1, -0.05) is 24.8 Å². The predicted molar refractivity (Wildman–Crippen MR) is 85.6 cm³/mol. The maximum atomic E-state index is 7.06. The maximum absolute atomic E-state index is 7.06. The summed E-state index contributed by atoms with van der Waals surface area (Å²) < 4.78 is 0. The number of hydrogen-bond acceptors (Lipinski definition) is 3. The van der Waals surface area contributed by atoms with Crippen molar-refractivity contribution >= 4 is 23.7 Å². The van der Waals surface area contributed by atoms with Crippen molar-refractivity contribution < 1.29 is 0 Å². The zero-order chi connectivity index (χ0) is 14.4. The summed E-state index contributed by atoms with van der Waals surface area (Å²) in [5.41, 5.74) is 4.30. The number of pyridine rings is 1. The molecule has 1 aromatic carbocycles. The highest BCUT2D eigenvalue weighted by Gasteiger charge is 2.08. The number of benzene rings is 1. The molecule has 0 radical (unpaired) electrons. The lowest BCUT2D eigenvalue weighted by Crippen LogP contribution is -2.09. The van der Waals surface area contributed by atoms with Gasteiger partial charge in [0.2, 0.25) is 0 Å². The molecule has 0 bridgehead atoms. The van der Waals surface area contributed by atoms with Crippen molar-refractivity contribution in [2.24, 2.45) is 0 Å². The zero-order valence-corrected chi connectivity index (χ0v) is 11.5. The third-order valence-corrected chi connectivity index (χ3v) is 3.00. The summed E-state index contributed by atoms with van der Waals surface area (Å²) in [6, 6.07) is 10.1. The first-order valence-electron chi connectivity index (χ1n) is 6.36. The van der Waals surface area contributed by atoms with Gasteiger partial charge < -0.3 is 10.3 Å². The van der Waals surface area contributed by atoms with Crippen LogP contribution in [0.5, 0.6) is 0 Å². The number of allylic oxidation sites excluding steroid dienone is 1. The van der Waals surface area contributed by atoms with Crippen molar-refractivity contribution in [1.29, 1.82) is 5.41 Å². The molecular formula is C17H17N3. The molecule has 3 nitrogen and oxygen atoms in total. The van der Waals surface area contributed by atoms with E-state index < -0.39 is 0 Å². The van der Waals surface area contributed by atoms with Crippen LogP contribution in [0.2, 0.25) is 0 Å².